The van der Waals surface area contributed by atoms with Gasteiger partial charge in [0, 0.05) is 0 Å². The number of rotatable bonds is 0. The van der Waals surface area contributed by atoms with Crippen molar-refractivity contribution < 1.29 is 160 Å². The summed E-state index contributed by atoms with van der Waals surface area (Å²) in [6, 6.07) is 0. The zero-order valence-corrected chi connectivity index (χ0v) is 21.2. The van der Waals surface area contributed by atoms with Crippen molar-refractivity contribution >= 4 is 45.5 Å². The van der Waals surface area contributed by atoms with Crippen molar-refractivity contribution in [2.45, 2.75) is 0 Å². The van der Waals surface area contributed by atoms with Gasteiger partial charge in [-0.1, -0.05) is 0 Å². The van der Waals surface area contributed by atoms with Crippen LogP contribution in [-0.2, 0) is 90.7 Å². The molecule has 0 unspecified atom stereocenters. The third-order valence-corrected chi connectivity index (χ3v) is 0. The van der Waals surface area contributed by atoms with Crippen molar-refractivity contribution in [2.24, 2.45) is 0 Å². The van der Waals surface area contributed by atoms with Crippen LogP contribution in [0.4, 0.5) is 0 Å². The van der Waals surface area contributed by atoms with Gasteiger partial charge in [-0.3, -0.25) is 0 Å². The molecule has 0 fully saturated rings. The summed E-state index contributed by atoms with van der Waals surface area (Å²) in [4.78, 5) is 0. The van der Waals surface area contributed by atoms with Gasteiger partial charge in [-0.25, -0.2) is 0 Å². The average molecular weight is 690 g/mol. The number of hydrogen-bond acceptors (Lipinski definition) is 12. The molecule has 0 rings (SSSR count). The summed E-state index contributed by atoms with van der Waals surface area (Å²) in [5, 5.41) is 0. The van der Waals surface area contributed by atoms with E-state index in [1.54, 1.807) is 0 Å². The molecule has 0 spiro atoms. The summed E-state index contributed by atoms with van der Waals surface area (Å²) in [7, 11) is 0. The van der Waals surface area contributed by atoms with Crippen molar-refractivity contribution in [1.29, 1.82) is 0 Å². The minimum atomic E-state index is -3.65. The number of hydrogen-bond donors (Lipinski definition) is 0. The minimum Gasteiger partial charge on any atom is 2.00 e. The first-order chi connectivity index (χ1) is 6.93. The maximum atomic E-state index is 8.52. The zero-order valence-electron chi connectivity index (χ0n) is 8.10. The van der Waals surface area contributed by atoms with E-state index in [4.69, 9.17) is 48.8 Å². The van der Waals surface area contributed by atoms with Gasteiger partial charge < -0.3 is 0 Å². The third kappa shape index (κ3) is 519. The molecule has 0 saturated heterocycles. The first-order valence-electron chi connectivity index (χ1n) is 1.85. The molecule has 0 saturated carbocycles. The summed E-state index contributed by atoms with van der Waals surface area (Å²) in [5.41, 5.74) is 0. The Bertz CT molecular complexity index is 170. The van der Waals surface area contributed by atoms with E-state index in [1.165, 1.54) is 0 Å². The molecule has 0 aliphatic carbocycles. The second kappa shape index (κ2) is 38.0. The topological polar surface area (TPSA) is 253 Å². The molecule has 12 nitrogen and oxygen atoms in total. The minimum absolute atomic E-state index is 0. The van der Waals surface area contributed by atoms with E-state index in [-0.39, 0.29) is 98.4 Å². The van der Waals surface area contributed by atoms with E-state index in [9.17, 15) is 0 Å². The van der Waals surface area contributed by atoms with Gasteiger partial charge in [0.15, 0.2) is 0 Å². The Morgan fingerprint density at radius 1 is 0.474 bits per heavy atom. The van der Waals surface area contributed by atoms with Crippen molar-refractivity contribution in [1.82, 2.24) is 0 Å². The van der Waals surface area contributed by atoms with E-state index >= 15 is 0 Å². The predicted octanol–water partition coefficient (Wildman–Crippen LogP) is -10.4. The average Bonchev–Trinajstić information content (AvgIpc) is 1.76. The summed E-state index contributed by atoms with van der Waals surface area (Å²) in [5.74, 6) is 0. The molecule has 0 aromatic heterocycles. The Balaban J connectivity index is -0.0000000192. The zero-order chi connectivity index (χ0) is 14.3. The predicted molar refractivity (Wildman–Crippen MR) is 8.50 cm³/mol. The van der Waals surface area contributed by atoms with E-state index in [2.05, 4.69) is 0 Å². The maximum Gasteiger partial charge on any atom is 2.00 e. The third-order valence-electron chi connectivity index (χ3n) is 0. The van der Waals surface area contributed by atoms with Crippen LogP contribution in [0.2, 0.25) is 0 Å². The molecule has 1 radical (unpaired) electrons. The molecule has 19 heavy (non-hydrogen) atoms. The van der Waals surface area contributed by atoms with Crippen molar-refractivity contribution in [3.63, 3.8) is 0 Å². The molecule has 19 heteroatoms. The van der Waals surface area contributed by atoms with Gasteiger partial charge in [-0.15, -0.1) is 0 Å². The Morgan fingerprint density at radius 3 is 0.474 bits per heavy atom. The van der Waals surface area contributed by atoms with Gasteiger partial charge in [0.25, 0.3) is 0 Å². The van der Waals surface area contributed by atoms with Crippen molar-refractivity contribution in [2.75, 3.05) is 0 Å². The smallest absolute Gasteiger partial charge is 2.00 e. The van der Waals surface area contributed by atoms with Crippen LogP contribution >= 0.6 is 0 Å². The van der Waals surface area contributed by atoms with Crippen LogP contribution in [0, 0.1) is 35.6 Å². The summed E-state index contributed by atoms with van der Waals surface area (Å²) < 4.78 is 102. The fourth-order valence-electron chi connectivity index (χ4n) is 0. The van der Waals surface area contributed by atoms with Gasteiger partial charge in [0.1, 0.15) is 0 Å². The second-order valence-electron chi connectivity index (χ2n) is 0.756. The molecule has 0 atom stereocenters. The molecular formula is CrLaMn4O12Sr. The SMILES string of the molecule is [Cr+3].[La+3].[O]=[Mn]([O-])[O-].[O]=[Mn]([O-])[O-].[O]=[Mn]([O-])[O-].[O]=[Mn]([O-])[O-].[Sr+2]. The molecule has 111 valence electrons. The second-order valence-corrected chi connectivity index (χ2v) is 3.12. The fourth-order valence-corrected chi connectivity index (χ4v) is 0. The summed E-state index contributed by atoms with van der Waals surface area (Å²) in [6.07, 6.45) is 0. The summed E-state index contributed by atoms with van der Waals surface area (Å²) in [6.45, 7) is 0. The van der Waals surface area contributed by atoms with Gasteiger partial charge in [0.05, 0.1) is 0 Å². The molecule has 0 aromatic rings. The van der Waals surface area contributed by atoms with Gasteiger partial charge >= 0.3 is 205 Å². The van der Waals surface area contributed by atoms with Crippen molar-refractivity contribution in [3.8, 4) is 0 Å². The van der Waals surface area contributed by atoms with Crippen LogP contribution in [0.3, 0.4) is 0 Å². The van der Waals surface area contributed by atoms with Crippen LogP contribution in [0.15, 0.2) is 0 Å². The molecular weight excluding hydrogens is 690 g/mol. The van der Waals surface area contributed by atoms with Crippen LogP contribution < -0.4 is 33.5 Å². The molecule has 0 aromatic carbocycles. The molecule has 0 N–H and O–H groups in total. The largest absolute Gasteiger partial charge is 2.00 e. The Kier molecular flexibility index (Phi) is 87.1. The molecule has 0 aliphatic heterocycles. The molecule has 0 amide bonds. The normalized spacial score (nSPS) is 7.37. The van der Waals surface area contributed by atoms with Gasteiger partial charge in [-0.05, 0) is 0 Å². The van der Waals surface area contributed by atoms with E-state index in [0.717, 1.165) is 0 Å². The Hall–Kier alpha value is 4.17. The van der Waals surface area contributed by atoms with Crippen molar-refractivity contribution in [3.05, 3.63) is 0 Å². The Morgan fingerprint density at radius 2 is 0.474 bits per heavy atom. The van der Waals surface area contributed by atoms with Gasteiger partial charge in [0.2, 0.25) is 0 Å². The van der Waals surface area contributed by atoms with Crippen LogP contribution in [0.1, 0.15) is 0 Å². The maximum absolute atomic E-state index is 8.52. The molecule has 0 aliphatic rings. The van der Waals surface area contributed by atoms with Crippen LogP contribution in [0.5, 0.6) is 0 Å². The first-order valence-corrected chi connectivity index (χ1v) is 7.63. The van der Waals surface area contributed by atoms with Crippen LogP contribution in [-0.4, -0.2) is 45.5 Å². The van der Waals surface area contributed by atoms with Gasteiger partial charge in [-0.2, -0.15) is 0 Å². The standard InChI is InChI=1S/Cr.La.4Mn.12O.Sr/q2*+3;;;;;;;;;8*-1;+2. The van der Waals surface area contributed by atoms with Crippen LogP contribution in [0.25, 0.3) is 0 Å². The summed E-state index contributed by atoms with van der Waals surface area (Å²) >= 11 is -14.6. The molecule has 0 bridgehead atoms. The monoisotopic (exact) mass is 690 g/mol. The first kappa shape index (κ1) is 43.6. The van der Waals surface area contributed by atoms with E-state index < -0.39 is 58.0 Å². The Labute approximate surface area is 201 Å². The van der Waals surface area contributed by atoms with E-state index in [0.29, 0.717) is 0 Å². The fraction of sp³-hybridized carbons (Fsp3) is 0. The molecule has 0 heterocycles. The van der Waals surface area contributed by atoms with E-state index in [1.807, 2.05) is 0 Å². The quantitative estimate of drug-likeness (QED) is 0.215.